The van der Waals surface area contributed by atoms with Crippen LogP contribution in [0.1, 0.15) is 52.9 Å². The minimum Gasteiger partial charge on any atom is -0.456 e. The van der Waals surface area contributed by atoms with Crippen LogP contribution in [0, 0.1) is 23.7 Å². The topological polar surface area (TPSA) is 85.3 Å². The average molecular weight is 405 g/mol. The molecule has 1 N–H and O–H groups in total. The number of ether oxygens (including phenoxy) is 3. The van der Waals surface area contributed by atoms with Gasteiger partial charge in [0.15, 0.2) is 0 Å². The molecule has 160 valence electrons. The second-order valence-electron chi connectivity index (χ2n) is 9.45. The molecule has 1 spiro atoms. The largest absolute Gasteiger partial charge is 0.456 e. The number of carbonyl (C=O) groups excluding carboxylic acids is 2. The van der Waals surface area contributed by atoms with E-state index in [0.717, 1.165) is 44.3 Å². The van der Waals surface area contributed by atoms with E-state index in [1.807, 2.05) is 6.92 Å². The fraction of sp³-hybridized carbons (Fsp3) is 0.818. The SMILES string of the molecule is CC[C@H]1[C@H]2[C@@H](CCCN3C([C@@H]4C[C@H](C)C(=O)O4)=CC[C@@H]23)O[C@@]12OC(=O)[C@H](C)[C@H]2O. The molecule has 0 aromatic heterocycles. The Kier molecular flexibility index (Phi) is 4.48. The van der Waals surface area contributed by atoms with E-state index in [0.29, 0.717) is 0 Å². The lowest BCUT2D eigenvalue weighted by molar-refractivity contribution is -0.250. The van der Waals surface area contributed by atoms with Crippen LogP contribution in [0.3, 0.4) is 0 Å². The summed E-state index contributed by atoms with van der Waals surface area (Å²) in [5.74, 6) is -2.23. The Morgan fingerprint density at radius 2 is 2.07 bits per heavy atom. The third-order valence-electron chi connectivity index (χ3n) is 7.89. The molecule has 9 atom stereocenters. The predicted molar refractivity (Wildman–Crippen MR) is 102 cm³/mol. The minimum atomic E-state index is -1.22. The Morgan fingerprint density at radius 3 is 2.69 bits per heavy atom. The van der Waals surface area contributed by atoms with Crippen LogP contribution in [-0.2, 0) is 23.8 Å². The van der Waals surface area contributed by atoms with E-state index in [9.17, 15) is 14.7 Å². The second-order valence-corrected chi connectivity index (χ2v) is 9.45. The lowest BCUT2D eigenvalue weighted by Gasteiger charge is -2.38. The Morgan fingerprint density at radius 1 is 1.28 bits per heavy atom. The molecule has 0 saturated carbocycles. The van der Waals surface area contributed by atoms with Crippen molar-refractivity contribution in [3.05, 3.63) is 11.8 Å². The van der Waals surface area contributed by atoms with Gasteiger partial charge in [-0.25, -0.2) is 0 Å². The van der Waals surface area contributed by atoms with Crippen molar-refractivity contribution in [1.29, 1.82) is 0 Å². The van der Waals surface area contributed by atoms with Crippen molar-refractivity contribution < 1.29 is 28.9 Å². The van der Waals surface area contributed by atoms with E-state index in [2.05, 4.69) is 17.9 Å². The van der Waals surface area contributed by atoms with E-state index < -0.39 is 17.8 Å². The molecule has 5 heterocycles. The van der Waals surface area contributed by atoms with Gasteiger partial charge in [0.1, 0.15) is 12.2 Å². The smallest absolute Gasteiger partial charge is 0.314 e. The predicted octanol–water partition coefficient (Wildman–Crippen LogP) is 1.98. The van der Waals surface area contributed by atoms with Gasteiger partial charge in [0.05, 0.1) is 23.6 Å². The van der Waals surface area contributed by atoms with E-state index >= 15 is 0 Å². The third-order valence-corrected chi connectivity index (χ3v) is 7.89. The molecule has 5 aliphatic heterocycles. The fourth-order valence-corrected chi connectivity index (χ4v) is 6.45. The summed E-state index contributed by atoms with van der Waals surface area (Å²) in [6, 6.07) is 0.221. The third kappa shape index (κ3) is 2.62. The number of carbonyl (C=O) groups is 2. The highest BCUT2D eigenvalue weighted by molar-refractivity contribution is 5.76. The molecule has 4 saturated heterocycles. The lowest BCUT2D eigenvalue weighted by atomic mass is 9.75. The van der Waals surface area contributed by atoms with Crippen LogP contribution in [0.2, 0.25) is 0 Å². The van der Waals surface area contributed by atoms with Gasteiger partial charge in [-0.05, 0) is 32.6 Å². The number of fused-ring (bicyclic) bond motifs is 3. The van der Waals surface area contributed by atoms with Gasteiger partial charge >= 0.3 is 11.9 Å². The zero-order valence-corrected chi connectivity index (χ0v) is 17.4. The highest BCUT2D eigenvalue weighted by Gasteiger charge is 2.68. The molecule has 7 nitrogen and oxygen atoms in total. The van der Waals surface area contributed by atoms with Crippen LogP contribution < -0.4 is 0 Å². The van der Waals surface area contributed by atoms with Crippen LogP contribution in [-0.4, -0.2) is 58.6 Å². The maximum absolute atomic E-state index is 12.3. The van der Waals surface area contributed by atoms with Crippen molar-refractivity contribution in [2.45, 2.75) is 83.0 Å². The van der Waals surface area contributed by atoms with Crippen molar-refractivity contribution in [2.24, 2.45) is 23.7 Å². The van der Waals surface area contributed by atoms with Crippen LogP contribution >= 0.6 is 0 Å². The van der Waals surface area contributed by atoms with Gasteiger partial charge in [-0.15, -0.1) is 0 Å². The Labute approximate surface area is 171 Å². The highest BCUT2D eigenvalue weighted by Crippen LogP contribution is 2.55. The number of rotatable bonds is 2. The molecular formula is C22H31NO6. The molecular weight excluding hydrogens is 374 g/mol. The molecule has 29 heavy (non-hydrogen) atoms. The van der Waals surface area contributed by atoms with Gasteiger partial charge in [-0.3, -0.25) is 9.59 Å². The number of nitrogens with zero attached hydrogens (tertiary/aromatic N) is 1. The molecule has 0 unspecified atom stereocenters. The molecule has 0 amide bonds. The van der Waals surface area contributed by atoms with Crippen molar-refractivity contribution in [1.82, 2.24) is 4.90 Å². The first kappa shape index (κ1) is 19.4. The maximum Gasteiger partial charge on any atom is 0.314 e. The first-order chi connectivity index (χ1) is 13.9. The summed E-state index contributed by atoms with van der Waals surface area (Å²) in [6.07, 6.45) is 5.28. The normalized spacial score (nSPS) is 49.0. The molecule has 4 fully saturated rings. The summed E-state index contributed by atoms with van der Waals surface area (Å²) in [7, 11) is 0. The van der Waals surface area contributed by atoms with Crippen LogP contribution in [0.25, 0.3) is 0 Å². The van der Waals surface area contributed by atoms with Crippen molar-refractivity contribution in [3.8, 4) is 0 Å². The number of cyclic esters (lactones) is 1. The zero-order chi connectivity index (χ0) is 20.5. The first-order valence-corrected chi connectivity index (χ1v) is 11.1. The lowest BCUT2D eigenvalue weighted by Crippen LogP contribution is -2.49. The minimum absolute atomic E-state index is 0.0412. The molecule has 0 aromatic carbocycles. The fourth-order valence-electron chi connectivity index (χ4n) is 6.45. The van der Waals surface area contributed by atoms with Gasteiger partial charge in [0.25, 0.3) is 0 Å². The quantitative estimate of drug-likeness (QED) is 0.703. The van der Waals surface area contributed by atoms with Crippen molar-refractivity contribution in [2.75, 3.05) is 6.54 Å². The summed E-state index contributed by atoms with van der Waals surface area (Å²) in [5.41, 5.74) is 1.13. The first-order valence-electron chi connectivity index (χ1n) is 11.1. The molecule has 7 heteroatoms. The molecule has 5 aliphatic rings. The van der Waals surface area contributed by atoms with Crippen LogP contribution in [0.5, 0.6) is 0 Å². The summed E-state index contributed by atoms with van der Waals surface area (Å²) < 4.78 is 17.8. The average Bonchev–Trinajstić information content (AvgIpc) is 3.36. The number of aliphatic hydroxyl groups is 1. The summed E-state index contributed by atoms with van der Waals surface area (Å²) >= 11 is 0. The number of hydrogen-bond acceptors (Lipinski definition) is 7. The van der Waals surface area contributed by atoms with E-state index in [4.69, 9.17) is 14.2 Å². The van der Waals surface area contributed by atoms with Crippen LogP contribution in [0.4, 0.5) is 0 Å². The number of hydrogen-bond donors (Lipinski definition) is 1. The van der Waals surface area contributed by atoms with Crippen molar-refractivity contribution in [3.63, 3.8) is 0 Å². The standard InChI is InChI=1S/C22H31NO6/c1-4-13-18-15-8-7-14(17-10-11(2)20(25)27-17)23(15)9-5-6-16(18)28-22(13)19(24)12(3)21(26)29-22/h7,11-13,15-19,24H,4-6,8-10H2,1-3H3/t11-,12+,13-,15-,16+,17-,18+,19+,22+/m0/s1. The molecule has 5 rings (SSSR count). The van der Waals surface area contributed by atoms with Gasteiger partial charge in [0.2, 0.25) is 5.79 Å². The van der Waals surface area contributed by atoms with Gasteiger partial charge < -0.3 is 24.2 Å². The van der Waals surface area contributed by atoms with Crippen molar-refractivity contribution >= 4 is 11.9 Å². The summed E-state index contributed by atoms with van der Waals surface area (Å²) in [6.45, 7) is 6.63. The summed E-state index contributed by atoms with van der Waals surface area (Å²) in [5, 5.41) is 10.9. The number of esters is 2. The maximum atomic E-state index is 12.3. The molecule has 0 bridgehead atoms. The van der Waals surface area contributed by atoms with Gasteiger partial charge in [0, 0.05) is 30.8 Å². The highest BCUT2D eigenvalue weighted by atomic mass is 16.7. The monoisotopic (exact) mass is 405 g/mol. The summed E-state index contributed by atoms with van der Waals surface area (Å²) in [4.78, 5) is 26.6. The second kappa shape index (κ2) is 6.71. The Bertz CT molecular complexity index is 752. The van der Waals surface area contributed by atoms with Crippen LogP contribution in [0.15, 0.2) is 11.8 Å². The molecule has 0 radical (unpaired) electrons. The Balaban J connectivity index is 1.44. The molecule has 0 aliphatic carbocycles. The van der Waals surface area contributed by atoms with Gasteiger partial charge in [-0.2, -0.15) is 0 Å². The zero-order valence-electron chi connectivity index (χ0n) is 17.4. The van der Waals surface area contributed by atoms with E-state index in [1.165, 1.54) is 0 Å². The Hall–Kier alpha value is -1.60. The van der Waals surface area contributed by atoms with E-state index in [1.54, 1.807) is 6.92 Å². The van der Waals surface area contributed by atoms with Gasteiger partial charge in [-0.1, -0.05) is 19.9 Å². The number of aliphatic hydroxyl groups excluding tert-OH is 1. The molecule has 0 aromatic rings. The van der Waals surface area contributed by atoms with E-state index in [-0.39, 0.29) is 47.9 Å².